The highest BCUT2D eigenvalue weighted by Gasteiger charge is 2.46. The quantitative estimate of drug-likeness (QED) is 0.282. The molecule has 0 aromatic carbocycles. The molecule has 2 aliphatic rings. The summed E-state index contributed by atoms with van der Waals surface area (Å²) in [7, 11) is 0. The van der Waals surface area contributed by atoms with Gasteiger partial charge < -0.3 is 9.80 Å². The molecule has 6 heteroatoms. The third-order valence-electron chi connectivity index (χ3n) is 7.53. The van der Waals surface area contributed by atoms with Crippen molar-refractivity contribution in [3.8, 4) is 0 Å². The summed E-state index contributed by atoms with van der Waals surface area (Å²) in [5.41, 5.74) is 0.677. The summed E-state index contributed by atoms with van der Waals surface area (Å²) in [6.07, 6.45) is 11.4. The Kier molecular flexibility index (Phi) is 10.2. The molecule has 32 heavy (non-hydrogen) atoms. The lowest BCUT2D eigenvalue weighted by molar-refractivity contribution is 0.0615. The molecule has 0 aliphatic carbocycles. The SMILES string of the molecule is CCC(F)CCC[C@H]1CN(C(=O)c2cccnc2)[C@@H]2CCN(CCCCC(Cl)CC)C[C@H]12. The van der Waals surface area contributed by atoms with Crippen molar-refractivity contribution in [1.82, 2.24) is 14.8 Å². The van der Waals surface area contributed by atoms with Crippen molar-refractivity contribution in [3.05, 3.63) is 30.1 Å². The van der Waals surface area contributed by atoms with Gasteiger partial charge in [0, 0.05) is 43.4 Å². The second-order valence-corrected chi connectivity index (χ2v) is 10.3. The van der Waals surface area contributed by atoms with Gasteiger partial charge in [0.2, 0.25) is 0 Å². The van der Waals surface area contributed by atoms with Gasteiger partial charge in [0.1, 0.15) is 0 Å². The number of likely N-dealkylation sites (tertiary alicyclic amines) is 2. The van der Waals surface area contributed by atoms with Gasteiger partial charge in [0.15, 0.2) is 0 Å². The summed E-state index contributed by atoms with van der Waals surface area (Å²) < 4.78 is 13.8. The molecule has 180 valence electrons. The van der Waals surface area contributed by atoms with Gasteiger partial charge in [0.05, 0.1) is 11.7 Å². The lowest BCUT2D eigenvalue weighted by atomic mass is 9.82. The summed E-state index contributed by atoms with van der Waals surface area (Å²) >= 11 is 6.27. The zero-order valence-electron chi connectivity index (χ0n) is 19.9. The Labute approximate surface area is 198 Å². The number of piperidine rings is 1. The lowest BCUT2D eigenvalue weighted by Crippen LogP contribution is -2.48. The van der Waals surface area contributed by atoms with E-state index in [1.165, 1.54) is 12.8 Å². The number of unbranched alkanes of at least 4 members (excludes halogenated alkanes) is 1. The molecule has 2 saturated heterocycles. The minimum atomic E-state index is -0.697. The summed E-state index contributed by atoms with van der Waals surface area (Å²) in [4.78, 5) is 22.1. The zero-order chi connectivity index (χ0) is 22.9. The Morgan fingerprint density at radius 3 is 2.78 bits per heavy atom. The van der Waals surface area contributed by atoms with Gasteiger partial charge in [-0.3, -0.25) is 9.78 Å². The highest BCUT2D eigenvalue weighted by Crippen LogP contribution is 2.39. The van der Waals surface area contributed by atoms with Crippen LogP contribution in [0.5, 0.6) is 0 Å². The van der Waals surface area contributed by atoms with Gasteiger partial charge >= 0.3 is 0 Å². The number of halogens is 2. The molecule has 1 amide bonds. The van der Waals surface area contributed by atoms with E-state index in [1.807, 2.05) is 19.1 Å². The number of rotatable bonds is 12. The van der Waals surface area contributed by atoms with Crippen LogP contribution in [0.25, 0.3) is 0 Å². The Bertz CT molecular complexity index is 691. The molecule has 0 saturated carbocycles. The lowest BCUT2D eigenvalue weighted by Gasteiger charge is -2.39. The molecule has 3 rings (SSSR count). The van der Waals surface area contributed by atoms with Crippen LogP contribution in [0.3, 0.4) is 0 Å². The largest absolute Gasteiger partial charge is 0.335 e. The number of pyridine rings is 1. The van der Waals surface area contributed by atoms with E-state index in [0.29, 0.717) is 41.7 Å². The molecule has 2 aliphatic heterocycles. The maximum absolute atomic E-state index is 13.8. The van der Waals surface area contributed by atoms with E-state index in [4.69, 9.17) is 11.6 Å². The normalized spacial score (nSPS) is 25.5. The third kappa shape index (κ3) is 6.90. The predicted octanol–water partition coefficient (Wildman–Crippen LogP) is 5.95. The summed E-state index contributed by atoms with van der Waals surface area (Å²) in [5.74, 6) is 1.05. The van der Waals surface area contributed by atoms with Crippen molar-refractivity contribution in [2.24, 2.45) is 11.8 Å². The molecule has 0 radical (unpaired) electrons. The van der Waals surface area contributed by atoms with E-state index in [2.05, 4.69) is 21.7 Å². The first kappa shape index (κ1) is 25.4. The minimum absolute atomic E-state index is 0.105. The molecule has 0 bridgehead atoms. The number of carbonyl (C=O) groups is 1. The van der Waals surface area contributed by atoms with Crippen LogP contribution in [0, 0.1) is 11.8 Å². The molecule has 2 unspecified atom stereocenters. The Morgan fingerprint density at radius 1 is 1.22 bits per heavy atom. The van der Waals surface area contributed by atoms with Gasteiger partial charge in [-0.05, 0) is 75.5 Å². The molecular formula is C26H41ClFN3O. The number of amides is 1. The van der Waals surface area contributed by atoms with Gasteiger partial charge in [-0.2, -0.15) is 0 Å². The Hall–Kier alpha value is -1.20. The van der Waals surface area contributed by atoms with Crippen LogP contribution in [0.15, 0.2) is 24.5 Å². The first-order valence-corrected chi connectivity index (χ1v) is 13.2. The zero-order valence-corrected chi connectivity index (χ0v) is 20.7. The monoisotopic (exact) mass is 465 g/mol. The molecule has 2 fully saturated rings. The fourth-order valence-electron chi connectivity index (χ4n) is 5.52. The van der Waals surface area contributed by atoms with Crippen LogP contribution < -0.4 is 0 Å². The van der Waals surface area contributed by atoms with Gasteiger partial charge in [-0.25, -0.2) is 4.39 Å². The first-order valence-electron chi connectivity index (χ1n) is 12.7. The van der Waals surface area contributed by atoms with Crippen LogP contribution in [-0.4, -0.2) is 64.5 Å². The van der Waals surface area contributed by atoms with Crippen LogP contribution in [0.1, 0.15) is 82.0 Å². The fourth-order valence-corrected chi connectivity index (χ4v) is 5.68. The third-order valence-corrected chi connectivity index (χ3v) is 8.06. The van der Waals surface area contributed by atoms with E-state index in [-0.39, 0.29) is 5.91 Å². The Morgan fingerprint density at radius 2 is 2.06 bits per heavy atom. The number of hydrogen-bond acceptors (Lipinski definition) is 3. The number of carbonyl (C=O) groups excluding carboxylic acids is 1. The van der Waals surface area contributed by atoms with E-state index in [0.717, 1.165) is 58.3 Å². The Balaban J connectivity index is 1.60. The topological polar surface area (TPSA) is 36.4 Å². The average Bonchev–Trinajstić information content (AvgIpc) is 3.19. The van der Waals surface area contributed by atoms with Gasteiger partial charge in [-0.15, -0.1) is 11.6 Å². The van der Waals surface area contributed by atoms with Crippen molar-refractivity contribution in [2.75, 3.05) is 26.2 Å². The summed E-state index contributed by atoms with van der Waals surface area (Å²) in [6.45, 7) is 8.07. The molecule has 5 atom stereocenters. The predicted molar refractivity (Wildman–Crippen MR) is 130 cm³/mol. The highest BCUT2D eigenvalue weighted by atomic mass is 35.5. The van der Waals surface area contributed by atoms with Gasteiger partial charge in [-0.1, -0.05) is 26.7 Å². The molecule has 0 spiro atoms. The second-order valence-electron chi connectivity index (χ2n) is 9.72. The van der Waals surface area contributed by atoms with E-state index in [1.54, 1.807) is 12.4 Å². The van der Waals surface area contributed by atoms with E-state index in [9.17, 15) is 9.18 Å². The second kappa shape index (κ2) is 12.9. The molecule has 3 heterocycles. The molecular weight excluding hydrogens is 425 g/mol. The van der Waals surface area contributed by atoms with Crippen molar-refractivity contribution in [2.45, 2.75) is 89.2 Å². The smallest absolute Gasteiger partial charge is 0.255 e. The van der Waals surface area contributed by atoms with Crippen LogP contribution in [0.2, 0.25) is 0 Å². The van der Waals surface area contributed by atoms with Crippen LogP contribution >= 0.6 is 11.6 Å². The van der Waals surface area contributed by atoms with Gasteiger partial charge in [0.25, 0.3) is 5.91 Å². The number of alkyl halides is 2. The number of aromatic nitrogens is 1. The highest BCUT2D eigenvalue weighted by molar-refractivity contribution is 6.20. The van der Waals surface area contributed by atoms with Crippen molar-refractivity contribution < 1.29 is 9.18 Å². The number of fused-ring (bicyclic) bond motifs is 1. The van der Waals surface area contributed by atoms with Crippen LogP contribution in [-0.2, 0) is 0 Å². The van der Waals surface area contributed by atoms with Crippen molar-refractivity contribution >= 4 is 17.5 Å². The number of nitrogens with zero attached hydrogens (tertiary/aromatic N) is 3. The van der Waals surface area contributed by atoms with E-state index < -0.39 is 6.17 Å². The standard InChI is InChI=1S/C26H41ClFN3O/c1-3-22(27)11-5-6-15-30-16-13-25-24(19-30)21(9-7-12-23(28)4-2)18-31(25)26(32)20-10-8-14-29-17-20/h8,10,14,17,21-25H,3-7,9,11-13,15-16,18-19H2,1-2H3/t21-,22?,23?,24+,25+/m0/s1. The first-order chi connectivity index (χ1) is 15.5. The molecule has 4 nitrogen and oxygen atoms in total. The number of hydrogen-bond donors (Lipinski definition) is 0. The van der Waals surface area contributed by atoms with E-state index >= 15 is 0 Å². The summed E-state index contributed by atoms with van der Waals surface area (Å²) in [6, 6.07) is 3.99. The van der Waals surface area contributed by atoms with Crippen molar-refractivity contribution in [1.29, 1.82) is 0 Å². The minimum Gasteiger partial charge on any atom is -0.335 e. The maximum atomic E-state index is 13.8. The fraction of sp³-hybridized carbons (Fsp3) is 0.769. The van der Waals surface area contributed by atoms with Crippen molar-refractivity contribution in [3.63, 3.8) is 0 Å². The molecule has 1 aromatic rings. The molecule has 1 aromatic heterocycles. The molecule has 0 N–H and O–H groups in total. The summed E-state index contributed by atoms with van der Waals surface area (Å²) in [5, 5.41) is 0.300. The average molecular weight is 466 g/mol. The maximum Gasteiger partial charge on any atom is 0.255 e. The van der Waals surface area contributed by atoms with Crippen LogP contribution in [0.4, 0.5) is 4.39 Å².